The number of aliphatic carboxylic acids is 1. The molecule has 3 aromatic carbocycles. The van der Waals surface area contributed by atoms with Crippen LogP contribution >= 0.6 is 11.6 Å². The molecule has 5 rings (SSSR count). The van der Waals surface area contributed by atoms with Crippen LogP contribution in [-0.2, 0) is 27.3 Å². The van der Waals surface area contributed by atoms with E-state index in [1.165, 1.54) is 11.1 Å². The van der Waals surface area contributed by atoms with Crippen LogP contribution in [0, 0.1) is 20.8 Å². The molecule has 254 valence electrons. The van der Waals surface area contributed by atoms with Gasteiger partial charge in [0.15, 0.2) is 0 Å². The Morgan fingerprint density at radius 2 is 1.77 bits per heavy atom. The molecule has 2 amide bonds. The summed E-state index contributed by atoms with van der Waals surface area (Å²) in [5, 5.41) is 13.3. The van der Waals surface area contributed by atoms with Crippen LogP contribution in [0.3, 0.4) is 0 Å². The Bertz CT molecular complexity index is 1690. The Morgan fingerprint density at radius 3 is 2.48 bits per heavy atom. The van der Waals surface area contributed by atoms with Crippen LogP contribution in [0.15, 0.2) is 66.2 Å². The number of carboxylic acids is 1. The molecular formula is C39H46ClN3O5. The van der Waals surface area contributed by atoms with Gasteiger partial charge in [0.2, 0.25) is 5.91 Å². The zero-order chi connectivity index (χ0) is 34.4. The molecule has 2 heterocycles. The number of piperazine rings is 1. The van der Waals surface area contributed by atoms with Crippen LogP contribution in [-0.4, -0.2) is 71.0 Å². The van der Waals surface area contributed by atoms with E-state index in [9.17, 15) is 14.4 Å². The zero-order valence-electron chi connectivity index (χ0n) is 28.4. The number of hydrogen-bond acceptors (Lipinski definition) is 5. The molecule has 8 nitrogen and oxygen atoms in total. The number of halogens is 1. The molecule has 1 fully saturated rings. The molecular weight excluding hydrogens is 626 g/mol. The number of carbonyl (C=O) groups is 3. The molecule has 9 heteroatoms. The summed E-state index contributed by atoms with van der Waals surface area (Å²) in [7, 11) is 0. The lowest BCUT2D eigenvalue weighted by atomic mass is 9.82. The van der Waals surface area contributed by atoms with Crippen molar-refractivity contribution in [1.29, 1.82) is 0 Å². The molecule has 2 aliphatic rings. The quantitative estimate of drug-likeness (QED) is 0.215. The van der Waals surface area contributed by atoms with E-state index >= 15 is 0 Å². The Balaban J connectivity index is 1.39. The van der Waals surface area contributed by atoms with Crippen molar-refractivity contribution >= 4 is 35.0 Å². The topological polar surface area (TPSA) is 99.2 Å². The first-order valence-electron chi connectivity index (χ1n) is 16.8. The molecule has 2 aliphatic heterocycles. The zero-order valence-corrected chi connectivity index (χ0v) is 29.1. The normalized spacial score (nSPS) is 17.3. The minimum Gasteiger partial charge on any atom is -0.493 e. The fourth-order valence-corrected chi connectivity index (χ4v) is 6.95. The van der Waals surface area contributed by atoms with Crippen LogP contribution in [0.25, 0.3) is 5.57 Å². The molecule has 1 saturated heterocycles. The van der Waals surface area contributed by atoms with Crippen LogP contribution in [0.5, 0.6) is 5.75 Å². The number of ether oxygens (including phenoxy) is 1. The Kier molecular flexibility index (Phi) is 11.6. The SMILES string of the molecule is CCN(Cc1ccccc1Cl)C(=O)C1=C(c2ccc(CCOc3cc(C)cc(C)c3C)cc2)C[C@@H]2CN(C(=O)CCCC(=O)O)C[C@H]1N2. The van der Waals surface area contributed by atoms with Crippen molar-refractivity contribution in [3.05, 3.63) is 105 Å². The third kappa shape index (κ3) is 8.47. The van der Waals surface area contributed by atoms with Crippen LogP contribution in [0.4, 0.5) is 0 Å². The number of aryl methyl sites for hydroxylation is 2. The number of rotatable bonds is 13. The maximum absolute atomic E-state index is 14.5. The summed E-state index contributed by atoms with van der Waals surface area (Å²) in [4.78, 5) is 42.2. The second-order valence-corrected chi connectivity index (χ2v) is 13.4. The molecule has 0 aromatic heterocycles. The highest BCUT2D eigenvalue weighted by atomic mass is 35.5. The maximum Gasteiger partial charge on any atom is 0.303 e. The molecule has 0 radical (unpaired) electrons. The smallest absolute Gasteiger partial charge is 0.303 e. The first-order chi connectivity index (χ1) is 23.0. The van der Waals surface area contributed by atoms with Gasteiger partial charge in [-0.15, -0.1) is 0 Å². The van der Waals surface area contributed by atoms with E-state index in [2.05, 4.69) is 62.5 Å². The average Bonchev–Trinajstić information content (AvgIpc) is 3.06. The van der Waals surface area contributed by atoms with Crippen LogP contribution < -0.4 is 10.1 Å². The van der Waals surface area contributed by atoms with Gasteiger partial charge in [-0.3, -0.25) is 14.4 Å². The van der Waals surface area contributed by atoms with Gasteiger partial charge in [-0.05, 0) is 91.6 Å². The number of fused-ring (bicyclic) bond motifs is 2. The second kappa shape index (κ2) is 15.8. The summed E-state index contributed by atoms with van der Waals surface area (Å²) in [6.45, 7) is 10.5. The average molecular weight is 672 g/mol. The summed E-state index contributed by atoms with van der Waals surface area (Å²) < 4.78 is 6.17. The number of carboxylic acid groups (broad SMARTS) is 1. The number of nitrogens with zero attached hydrogens (tertiary/aromatic N) is 2. The van der Waals surface area contributed by atoms with E-state index in [0.29, 0.717) is 56.2 Å². The molecule has 0 spiro atoms. The van der Waals surface area contributed by atoms with Gasteiger partial charge < -0.3 is 25.0 Å². The van der Waals surface area contributed by atoms with Crippen molar-refractivity contribution in [3.8, 4) is 5.75 Å². The number of nitrogens with one attached hydrogen (secondary N) is 1. The first kappa shape index (κ1) is 35.2. The summed E-state index contributed by atoms with van der Waals surface area (Å²) >= 11 is 6.49. The number of likely N-dealkylation sites (N-methyl/N-ethyl adjacent to an activating group) is 1. The van der Waals surface area contributed by atoms with Gasteiger partial charge in [0, 0.05) is 62.1 Å². The van der Waals surface area contributed by atoms with E-state index < -0.39 is 5.97 Å². The highest BCUT2D eigenvalue weighted by Crippen LogP contribution is 2.35. The number of hydrogen-bond donors (Lipinski definition) is 2. The minimum atomic E-state index is -0.909. The van der Waals surface area contributed by atoms with Gasteiger partial charge in [-0.2, -0.15) is 0 Å². The lowest BCUT2D eigenvalue weighted by Gasteiger charge is -2.45. The highest BCUT2D eigenvalue weighted by Gasteiger charge is 2.40. The Hall–Kier alpha value is -4.14. The van der Waals surface area contributed by atoms with Crippen molar-refractivity contribution in [2.45, 2.75) is 78.4 Å². The van der Waals surface area contributed by atoms with E-state index in [0.717, 1.165) is 40.0 Å². The van der Waals surface area contributed by atoms with E-state index in [4.69, 9.17) is 21.4 Å². The van der Waals surface area contributed by atoms with Crippen LogP contribution in [0.2, 0.25) is 5.02 Å². The van der Waals surface area contributed by atoms with E-state index in [1.807, 2.05) is 36.1 Å². The minimum absolute atomic E-state index is 0.0218. The maximum atomic E-state index is 14.5. The first-order valence-corrected chi connectivity index (χ1v) is 17.2. The molecule has 48 heavy (non-hydrogen) atoms. The van der Waals surface area contributed by atoms with Gasteiger partial charge in [-0.25, -0.2) is 0 Å². The van der Waals surface area contributed by atoms with E-state index in [-0.39, 0.29) is 36.7 Å². The van der Waals surface area contributed by atoms with E-state index in [1.54, 1.807) is 4.90 Å². The lowest BCUT2D eigenvalue weighted by molar-refractivity contribution is -0.138. The molecule has 0 saturated carbocycles. The largest absolute Gasteiger partial charge is 0.493 e. The number of amides is 2. The molecule has 3 aromatic rings. The monoisotopic (exact) mass is 671 g/mol. The summed E-state index contributed by atoms with van der Waals surface area (Å²) in [6.07, 6.45) is 1.77. The predicted molar refractivity (Wildman–Crippen MR) is 189 cm³/mol. The molecule has 2 N–H and O–H groups in total. The van der Waals surface area contributed by atoms with Gasteiger partial charge in [0.25, 0.3) is 5.91 Å². The van der Waals surface area contributed by atoms with Crippen molar-refractivity contribution in [2.75, 3.05) is 26.2 Å². The fourth-order valence-electron chi connectivity index (χ4n) is 6.75. The molecule has 2 bridgehead atoms. The third-order valence-electron chi connectivity index (χ3n) is 9.47. The van der Waals surface area contributed by atoms with Gasteiger partial charge in [0.05, 0.1) is 12.6 Å². The predicted octanol–water partition coefficient (Wildman–Crippen LogP) is 6.52. The Morgan fingerprint density at radius 1 is 1.02 bits per heavy atom. The molecule has 0 unspecified atom stereocenters. The van der Waals surface area contributed by atoms with Gasteiger partial charge >= 0.3 is 5.97 Å². The van der Waals surface area contributed by atoms with Gasteiger partial charge in [0.1, 0.15) is 5.75 Å². The highest BCUT2D eigenvalue weighted by molar-refractivity contribution is 6.31. The third-order valence-corrected chi connectivity index (χ3v) is 9.84. The van der Waals surface area contributed by atoms with Crippen molar-refractivity contribution < 1.29 is 24.2 Å². The molecule has 0 aliphatic carbocycles. The van der Waals surface area contributed by atoms with Crippen molar-refractivity contribution in [2.24, 2.45) is 0 Å². The Labute approximate surface area is 288 Å². The summed E-state index contributed by atoms with van der Waals surface area (Å²) in [5.41, 5.74) is 8.26. The standard InChI is InChI=1S/C39H46ClN3O5/c1-5-42(22-30-9-6-7-10-33(30)40)39(47)38-32(21-31-23-43(24-34(38)41-31)36(44)11-8-12-37(45)46)29-15-13-28(14-16-29)17-18-48-35-20-25(2)19-26(3)27(35)4/h6-7,9-10,13-16,19-20,31,34,41H,5,8,11-12,17-18,21-24H2,1-4H3,(H,45,46)/t31-,34-/m1/s1. The number of carbonyl (C=O) groups excluding carboxylic acids is 2. The summed E-state index contributed by atoms with van der Waals surface area (Å²) in [6, 6.07) is 19.9. The fraction of sp³-hybridized carbons (Fsp3) is 0.410. The van der Waals surface area contributed by atoms with Crippen molar-refractivity contribution in [3.63, 3.8) is 0 Å². The lowest BCUT2D eigenvalue weighted by Crippen LogP contribution is -2.62. The number of benzene rings is 3. The second-order valence-electron chi connectivity index (χ2n) is 13.0. The summed E-state index contributed by atoms with van der Waals surface area (Å²) in [5.74, 6) is -0.141. The van der Waals surface area contributed by atoms with Crippen molar-refractivity contribution in [1.82, 2.24) is 15.1 Å². The van der Waals surface area contributed by atoms with Gasteiger partial charge in [-0.1, -0.05) is 60.1 Å². The molecule has 2 atom stereocenters. The van der Waals surface area contributed by atoms with Crippen LogP contribution in [0.1, 0.15) is 66.0 Å².